The second-order valence-corrected chi connectivity index (χ2v) is 17.6. The minimum absolute atomic E-state index is 0.146. The third-order valence-corrected chi connectivity index (χ3v) is 13.8. The molecule has 2 aromatic heterocycles. The van der Waals surface area contributed by atoms with E-state index in [2.05, 4.69) is 202 Å². The topological polar surface area (TPSA) is 25.8 Å². The lowest BCUT2D eigenvalue weighted by Crippen LogP contribution is -2.14. The number of aromatic nitrogens is 2. The molecule has 0 fully saturated rings. The summed E-state index contributed by atoms with van der Waals surface area (Å²) in [5, 5.41) is 7.52. The van der Waals surface area contributed by atoms with Gasteiger partial charge in [-0.3, -0.25) is 0 Å². The molecular weight excluding hydrogens is 745 g/mol. The molecule has 0 saturated heterocycles. The molecule has 282 valence electrons. The van der Waals surface area contributed by atoms with Gasteiger partial charge in [0.1, 0.15) is 0 Å². The van der Waals surface area contributed by atoms with Gasteiger partial charge in [0.15, 0.2) is 5.82 Å². The Labute approximate surface area is 353 Å². The Morgan fingerprint density at radius 3 is 1.78 bits per heavy atom. The predicted octanol–water partition coefficient (Wildman–Crippen LogP) is 15.8. The number of benzene rings is 9. The number of hydrogen-bond donors (Lipinski definition) is 0. The van der Waals surface area contributed by atoms with Crippen LogP contribution < -0.4 is 0 Å². The van der Waals surface area contributed by atoms with Gasteiger partial charge < -0.3 is 0 Å². The van der Waals surface area contributed by atoms with E-state index in [1.54, 1.807) is 0 Å². The first-order valence-electron chi connectivity index (χ1n) is 20.6. The van der Waals surface area contributed by atoms with Crippen LogP contribution in [0.25, 0.3) is 109 Å². The molecule has 1 aliphatic carbocycles. The monoisotopic (exact) mass is 782 g/mol. The molecule has 0 aliphatic heterocycles. The Bertz CT molecular complexity index is 3520. The van der Waals surface area contributed by atoms with E-state index in [4.69, 9.17) is 9.97 Å². The van der Waals surface area contributed by atoms with Crippen molar-refractivity contribution in [3.63, 3.8) is 0 Å². The Kier molecular flexibility index (Phi) is 7.79. The van der Waals surface area contributed by atoms with Crippen LogP contribution in [0, 0.1) is 0 Å². The van der Waals surface area contributed by atoms with Crippen LogP contribution in [0.2, 0.25) is 0 Å². The molecule has 0 atom stereocenters. The molecule has 0 saturated carbocycles. The average Bonchev–Trinajstić information content (AvgIpc) is 3.79. The van der Waals surface area contributed by atoms with Crippen LogP contribution in [0.1, 0.15) is 25.0 Å². The minimum atomic E-state index is -0.146. The van der Waals surface area contributed by atoms with Crippen LogP contribution >= 0.6 is 11.3 Å². The molecule has 11 aromatic rings. The Morgan fingerprint density at radius 1 is 0.367 bits per heavy atom. The zero-order chi connectivity index (χ0) is 40.0. The summed E-state index contributed by atoms with van der Waals surface area (Å²) in [5.41, 5.74) is 15.0. The lowest BCUT2D eigenvalue weighted by Gasteiger charge is -2.22. The SMILES string of the molecule is CC1(C)c2cc3ccccc3cc2-c2c(-c3cc(-c4ccc5cc(-c6ccccc6-c6ccc7sc8ccccc8c7c6)ccc5c4)nc(-c4ccccc4)n3)cccc21. The highest BCUT2D eigenvalue weighted by Crippen LogP contribution is 2.53. The largest absolute Gasteiger partial charge is 0.228 e. The van der Waals surface area contributed by atoms with E-state index in [0.29, 0.717) is 0 Å². The highest BCUT2D eigenvalue weighted by molar-refractivity contribution is 7.25. The van der Waals surface area contributed by atoms with Crippen molar-refractivity contribution >= 4 is 53.1 Å². The van der Waals surface area contributed by atoms with Crippen LogP contribution in [-0.2, 0) is 5.41 Å². The quantitative estimate of drug-likeness (QED) is 0.174. The van der Waals surface area contributed by atoms with Gasteiger partial charge in [0, 0.05) is 42.3 Å². The number of thiophene rings is 1. The zero-order valence-electron chi connectivity index (χ0n) is 33.3. The summed E-state index contributed by atoms with van der Waals surface area (Å²) < 4.78 is 2.65. The van der Waals surface area contributed by atoms with Crippen molar-refractivity contribution in [2.24, 2.45) is 0 Å². The maximum absolute atomic E-state index is 5.32. The molecule has 2 heterocycles. The smallest absolute Gasteiger partial charge is 0.160 e. The van der Waals surface area contributed by atoms with Crippen LogP contribution in [-0.4, -0.2) is 9.97 Å². The van der Waals surface area contributed by atoms with Crippen molar-refractivity contribution in [2.45, 2.75) is 19.3 Å². The van der Waals surface area contributed by atoms with Gasteiger partial charge >= 0.3 is 0 Å². The van der Waals surface area contributed by atoms with E-state index in [9.17, 15) is 0 Å². The standard InChI is InChI=1S/C57H38N2S/c1-57(2)49-21-12-20-46(55(49)48-31-36-15-6-7-16-37(36)33-50(48)57)52-34-51(58-56(59-52)35-13-4-3-5-14-35)42-26-24-38-29-40(25-23-39(38)30-42)43-17-8-9-18-44(43)41-27-28-54-47(32-41)45-19-10-11-22-53(45)60-54/h3-34H,1-2H3. The number of hydrogen-bond acceptors (Lipinski definition) is 3. The van der Waals surface area contributed by atoms with E-state index in [1.165, 1.54) is 86.2 Å². The van der Waals surface area contributed by atoms with Gasteiger partial charge in [0.25, 0.3) is 0 Å². The van der Waals surface area contributed by atoms with E-state index >= 15 is 0 Å². The highest BCUT2D eigenvalue weighted by atomic mass is 32.1. The fourth-order valence-corrected chi connectivity index (χ4v) is 10.7. The van der Waals surface area contributed by atoms with Gasteiger partial charge in [-0.15, -0.1) is 11.3 Å². The van der Waals surface area contributed by atoms with Gasteiger partial charge in [0.2, 0.25) is 0 Å². The Hall–Kier alpha value is -7.20. The van der Waals surface area contributed by atoms with Crippen LogP contribution in [0.15, 0.2) is 194 Å². The normalized spacial score (nSPS) is 13.0. The molecule has 0 amide bonds. The summed E-state index contributed by atoms with van der Waals surface area (Å²) in [5.74, 6) is 0.720. The summed E-state index contributed by atoms with van der Waals surface area (Å²) in [7, 11) is 0. The molecule has 0 spiro atoms. The second-order valence-electron chi connectivity index (χ2n) is 16.6. The molecule has 9 aromatic carbocycles. The van der Waals surface area contributed by atoms with Gasteiger partial charge in [0.05, 0.1) is 11.4 Å². The first-order chi connectivity index (χ1) is 29.5. The number of fused-ring (bicyclic) bond motifs is 8. The summed E-state index contributed by atoms with van der Waals surface area (Å²) in [6, 6.07) is 70.7. The summed E-state index contributed by atoms with van der Waals surface area (Å²) >= 11 is 1.86. The third kappa shape index (κ3) is 5.54. The maximum Gasteiger partial charge on any atom is 0.160 e. The van der Waals surface area contributed by atoms with Gasteiger partial charge in [-0.1, -0.05) is 159 Å². The zero-order valence-corrected chi connectivity index (χ0v) is 34.1. The summed E-state index contributed by atoms with van der Waals surface area (Å²) in [6.07, 6.45) is 0. The minimum Gasteiger partial charge on any atom is -0.228 e. The van der Waals surface area contributed by atoms with Crippen molar-refractivity contribution in [3.8, 4) is 67.3 Å². The molecule has 60 heavy (non-hydrogen) atoms. The van der Waals surface area contributed by atoms with Crippen LogP contribution in [0.3, 0.4) is 0 Å². The average molecular weight is 783 g/mol. The van der Waals surface area contributed by atoms with Crippen molar-refractivity contribution in [1.29, 1.82) is 0 Å². The fraction of sp³-hybridized carbons (Fsp3) is 0.0526. The predicted molar refractivity (Wildman–Crippen MR) is 255 cm³/mol. The molecule has 2 nitrogen and oxygen atoms in total. The molecule has 1 aliphatic rings. The van der Waals surface area contributed by atoms with E-state index < -0.39 is 0 Å². The fourth-order valence-electron chi connectivity index (χ4n) is 9.59. The highest BCUT2D eigenvalue weighted by Gasteiger charge is 2.37. The first-order valence-corrected chi connectivity index (χ1v) is 21.5. The number of rotatable bonds is 5. The van der Waals surface area contributed by atoms with Crippen molar-refractivity contribution < 1.29 is 0 Å². The summed E-state index contributed by atoms with van der Waals surface area (Å²) in [4.78, 5) is 10.6. The molecule has 3 heteroatoms. The van der Waals surface area contributed by atoms with E-state index in [-0.39, 0.29) is 5.41 Å². The van der Waals surface area contributed by atoms with E-state index in [1.807, 2.05) is 17.4 Å². The Morgan fingerprint density at radius 2 is 0.967 bits per heavy atom. The van der Waals surface area contributed by atoms with Gasteiger partial charge in [-0.2, -0.15) is 0 Å². The molecule has 0 bridgehead atoms. The second kappa shape index (κ2) is 13.4. The summed E-state index contributed by atoms with van der Waals surface area (Å²) in [6.45, 7) is 4.70. The third-order valence-electron chi connectivity index (χ3n) is 12.7. The van der Waals surface area contributed by atoms with Gasteiger partial charge in [-0.25, -0.2) is 9.97 Å². The maximum atomic E-state index is 5.32. The van der Waals surface area contributed by atoms with Crippen molar-refractivity contribution in [2.75, 3.05) is 0 Å². The molecular formula is C57H38N2S. The molecule has 0 radical (unpaired) electrons. The van der Waals surface area contributed by atoms with Crippen molar-refractivity contribution in [1.82, 2.24) is 9.97 Å². The Balaban J connectivity index is 0.969. The van der Waals surface area contributed by atoms with Crippen LogP contribution in [0.4, 0.5) is 0 Å². The lowest BCUT2D eigenvalue weighted by molar-refractivity contribution is 0.661. The van der Waals surface area contributed by atoms with Crippen molar-refractivity contribution in [3.05, 3.63) is 205 Å². The van der Waals surface area contributed by atoms with Crippen LogP contribution in [0.5, 0.6) is 0 Å². The molecule has 12 rings (SSSR count). The first kappa shape index (κ1) is 34.8. The molecule has 0 N–H and O–H groups in total. The van der Waals surface area contributed by atoms with Gasteiger partial charge in [-0.05, 0) is 115 Å². The number of nitrogens with zero attached hydrogens (tertiary/aromatic N) is 2. The molecule has 0 unspecified atom stereocenters. The lowest BCUT2D eigenvalue weighted by atomic mass is 9.81. The van der Waals surface area contributed by atoms with E-state index in [0.717, 1.165) is 33.9 Å².